The van der Waals surface area contributed by atoms with Crippen LogP contribution in [0.1, 0.15) is 10.4 Å². The van der Waals surface area contributed by atoms with Gasteiger partial charge in [-0.1, -0.05) is 23.5 Å². The number of nitrogens with zero attached hydrogens (tertiary/aromatic N) is 1. The van der Waals surface area contributed by atoms with E-state index in [2.05, 4.69) is 4.98 Å². The Hall–Kier alpha value is -1.46. The van der Waals surface area contributed by atoms with E-state index in [1.54, 1.807) is 19.1 Å². The van der Waals surface area contributed by atoms with Crippen molar-refractivity contribution in [1.82, 2.24) is 4.98 Å². The number of aryl methyl sites for hydroxylation is 1. The zero-order chi connectivity index (χ0) is 12.4. The third-order valence-electron chi connectivity index (χ3n) is 2.44. The van der Waals surface area contributed by atoms with Crippen LogP contribution in [0.15, 0.2) is 18.2 Å². The summed E-state index contributed by atoms with van der Waals surface area (Å²) in [5.41, 5.74) is 1.81. The van der Waals surface area contributed by atoms with Gasteiger partial charge in [-0.15, -0.1) is 0 Å². The number of rotatable bonds is 3. The molecular weight excluding hydrogens is 241 g/mol. The Bertz CT molecular complexity index is 539. The summed E-state index contributed by atoms with van der Waals surface area (Å²) in [5, 5.41) is 9.70. The average Bonchev–Trinajstić information content (AvgIpc) is 2.76. The lowest BCUT2D eigenvalue weighted by Gasteiger charge is -2.02. The highest BCUT2D eigenvalue weighted by Crippen LogP contribution is 2.32. The molecule has 1 aromatic carbocycles. The van der Waals surface area contributed by atoms with Crippen molar-refractivity contribution in [3.05, 3.63) is 34.5 Å². The van der Waals surface area contributed by atoms with Gasteiger partial charge in [0.25, 0.3) is 5.19 Å². The topological polar surface area (TPSA) is 42.4 Å². The molecule has 0 fully saturated rings. The Balaban J connectivity index is 2.51. The SMILES string of the molecule is COc1nc(-c2ccc(C)c(F)c2)c(CO)s1. The van der Waals surface area contributed by atoms with Crippen molar-refractivity contribution in [2.24, 2.45) is 0 Å². The van der Waals surface area contributed by atoms with Crippen LogP contribution in [0.4, 0.5) is 4.39 Å². The van der Waals surface area contributed by atoms with Crippen LogP contribution >= 0.6 is 11.3 Å². The normalized spacial score (nSPS) is 10.6. The molecule has 0 aliphatic heterocycles. The molecule has 2 aromatic rings. The molecule has 0 amide bonds. The van der Waals surface area contributed by atoms with E-state index in [0.717, 1.165) is 0 Å². The molecule has 0 saturated heterocycles. The first kappa shape index (κ1) is 12.0. The van der Waals surface area contributed by atoms with Crippen molar-refractivity contribution in [3.63, 3.8) is 0 Å². The molecule has 0 radical (unpaired) electrons. The maximum atomic E-state index is 13.5. The number of aliphatic hydroxyl groups is 1. The number of ether oxygens (including phenoxy) is 1. The van der Waals surface area contributed by atoms with Crippen molar-refractivity contribution < 1.29 is 14.2 Å². The lowest BCUT2D eigenvalue weighted by Crippen LogP contribution is -1.88. The number of benzene rings is 1. The third kappa shape index (κ3) is 2.30. The summed E-state index contributed by atoms with van der Waals surface area (Å²) < 4.78 is 18.5. The zero-order valence-corrected chi connectivity index (χ0v) is 10.3. The Kier molecular flexibility index (Phi) is 3.40. The second-order valence-corrected chi connectivity index (χ2v) is 4.62. The zero-order valence-electron chi connectivity index (χ0n) is 9.53. The summed E-state index contributed by atoms with van der Waals surface area (Å²) >= 11 is 1.26. The van der Waals surface area contributed by atoms with Crippen molar-refractivity contribution in [3.8, 4) is 16.5 Å². The number of aliphatic hydroxyl groups excluding tert-OH is 1. The van der Waals surface area contributed by atoms with Crippen LogP contribution in [-0.4, -0.2) is 17.2 Å². The van der Waals surface area contributed by atoms with E-state index in [1.807, 2.05) is 0 Å². The maximum absolute atomic E-state index is 13.5. The number of hydrogen-bond donors (Lipinski definition) is 1. The van der Waals surface area contributed by atoms with Gasteiger partial charge in [0, 0.05) is 5.56 Å². The van der Waals surface area contributed by atoms with Gasteiger partial charge < -0.3 is 9.84 Å². The van der Waals surface area contributed by atoms with Crippen LogP contribution in [0.2, 0.25) is 0 Å². The smallest absolute Gasteiger partial charge is 0.273 e. The molecule has 1 N–H and O–H groups in total. The number of hydrogen-bond acceptors (Lipinski definition) is 4. The van der Waals surface area contributed by atoms with Crippen molar-refractivity contribution in [2.45, 2.75) is 13.5 Å². The van der Waals surface area contributed by atoms with E-state index in [1.165, 1.54) is 24.5 Å². The molecule has 0 bridgehead atoms. The van der Waals surface area contributed by atoms with Crippen LogP contribution in [0.25, 0.3) is 11.3 Å². The van der Waals surface area contributed by atoms with Crippen LogP contribution < -0.4 is 4.74 Å². The summed E-state index contributed by atoms with van der Waals surface area (Å²) in [6.07, 6.45) is 0. The first-order valence-corrected chi connectivity index (χ1v) is 5.88. The molecule has 2 rings (SSSR count). The fraction of sp³-hybridized carbons (Fsp3) is 0.250. The number of thiazole rings is 1. The van der Waals surface area contributed by atoms with Gasteiger partial charge >= 0.3 is 0 Å². The van der Waals surface area contributed by atoms with Crippen molar-refractivity contribution in [2.75, 3.05) is 7.11 Å². The first-order chi connectivity index (χ1) is 8.15. The largest absolute Gasteiger partial charge is 0.473 e. The minimum Gasteiger partial charge on any atom is -0.473 e. The predicted molar refractivity (Wildman–Crippen MR) is 64.7 cm³/mol. The highest BCUT2D eigenvalue weighted by molar-refractivity contribution is 7.13. The van der Waals surface area contributed by atoms with Crippen LogP contribution in [0.3, 0.4) is 0 Å². The fourth-order valence-electron chi connectivity index (χ4n) is 1.49. The number of aromatic nitrogens is 1. The predicted octanol–water partition coefficient (Wildman–Crippen LogP) is 2.76. The van der Waals surface area contributed by atoms with Gasteiger partial charge in [0.2, 0.25) is 0 Å². The molecule has 0 aliphatic carbocycles. The lowest BCUT2D eigenvalue weighted by molar-refractivity contribution is 0.286. The molecule has 0 aliphatic rings. The molecule has 1 aromatic heterocycles. The van der Waals surface area contributed by atoms with E-state index in [9.17, 15) is 9.50 Å². The van der Waals surface area contributed by atoms with E-state index in [-0.39, 0.29) is 12.4 Å². The second-order valence-electron chi connectivity index (χ2n) is 3.58. The maximum Gasteiger partial charge on any atom is 0.273 e. The molecule has 17 heavy (non-hydrogen) atoms. The highest BCUT2D eigenvalue weighted by Gasteiger charge is 2.13. The molecule has 0 unspecified atom stereocenters. The minimum absolute atomic E-state index is 0.133. The number of methoxy groups -OCH3 is 1. The average molecular weight is 253 g/mol. The minimum atomic E-state index is -0.279. The van der Waals surface area contributed by atoms with E-state index in [4.69, 9.17) is 4.74 Å². The van der Waals surface area contributed by atoms with Crippen LogP contribution in [0, 0.1) is 12.7 Å². The van der Waals surface area contributed by atoms with Crippen LogP contribution in [0.5, 0.6) is 5.19 Å². The molecule has 3 nitrogen and oxygen atoms in total. The van der Waals surface area contributed by atoms with Gasteiger partial charge in [0.05, 0.1) is 24.3 Å². The third-order valence-corrected chi connectivity index (χ3v) is 3.44. The molecule has 0 saturated carbocycles. The summed E-state index contributed by atoms with van der Waals surface area (Å²) in [5.74, 6) is -0.279. The van der Waals surface area contributed by atoms with Crippen LogP contribution in [-0.2, 0) is 6.61 Å². The Labute approximate surface area is 103 Å². The summed E-state index contributed by atoms with van der Waals surface area (Å²) in [6, 6.07) is 4.90. The van der Waals surface area contributed by atoms with Gasteiger partial charge in [-0.05, 0) is 18.6 Å². The summed E-state index contributed by atoms with van der Waals surface area (Å²) in [7, 11) is 1.51. The van der Waals surface area contributed by atoms with E-state index in [0.29, 0.717) is 26.9 Å². The number of halogens is 1. The quantitative estimate of drug-likeness (QED) is 0.914. The Morgan fingerprint density at radius 3 is 2.82 bits per heavy atom. The van der Waals surface area contributed by atoms with Gasteiger partial charge in [-0.25, -0.2) is 9.37 Å². The van der Waals surface area contributed by atoms with Gasteiger partial charge in [0.15, 0.2) is 0 Å². The van der Waals surface area contributed by atoms with Crippen molar-refractivity contribution in [1.29, 1.82) is 0 Å². The summed E-state index contributed by atoms with van der Waals surface area (Å²) in [6.45, 7) is 1.57. The van der Waals surface area contributed by atoms with Gasteiger partial charge in [-0.2, -0.15) is 0 Å². The monoisotopic (exact) mass is 253 g/mol. The molecule has 0 atom stereocenters. The fourth-order valence-corrected chi connectivity index (χ4v) is 2.25. The molecule has 1 heterocycles. The molecule has 0 spiro atoms. The molecule has 5 heteroatoms. The summed E-state index contributed by atoms with van der Waals surface area (Å²) in [4.78, 5) is 4.88. The Morgan fingerprint density at radius 2 is 2.24 bits per heavy atom. The standard InChI is InChI=1S/C12H12FNO2S/c1-7-3-4-8(5-9(7)13)11-10(6-15)17-12(14-11)16-2/h3-5,15H,6H2,1-2H3. The Morgan fingerprint density at radius 1 is 1.47 bits per heavy atom. The highest BCUT2D eigenvalue weighted by atomic mass is 32.1. The van der Waals surface area contributed by atoms with Gasteiger partial charge in [-0.3, -0.25) is 0 Å². The second kappa shape index (κ2) is 4.81. The van der Waals surface area contributed by atoms with Crippen molar-refractivity contribution >= 4 is 11.3 Å². The first-order valence-electron chi connectivity index (χ1n) is 5.06. The van der Waals surface area contributed by atoms with Gasteiger partial charge in [0.1, 0.15) is 5.82 Å². The van der Waals surface area contributed by atoms with E-state index >= 15 is 0 Å². The lowest BCUT2D eigenvalue weighted by atomic mass is 10.1. The van der Waals surface area contributed by atoms with E-state index < -0.39 is 0 Å². The molecule has 90 valence electrons. The molecular formula is C12H12FNO2S.